The van der Waals surface area contributed by atoms with Crippen LogP contribution in [0.5, 0.6) is 0 Å². The first-order valence-corrected chi connectivity index (χ1v) is 6.29. The molecule has 0 spiro atoms. The van der Waals surface area contributed by atoms with Gasteiger partial charge in [0, 0.05) is 12.6 Å². The smallest absolute Gasteiger partial charge is 0.246 e. The number of rotatable bonds is 2. The number of nitrogens with one attached hydrogen (secondary N) is 1. The van der Waals surface area contributed by atoms with Crippen molar-refractivity contribution in [3.8, 4) is 0 Å². The van der Waals surface area contributed by atoms with Crippen LogP contribution < -0.4 is 5.32 Å². The van der Waals surface area contributed by atoms with E-state index in [1.54, 1.807) is 0 Å². The largest absolute Gasteiger partial charge is 0.366 e. The van der Waals surface area contributed by atoms with E-state index in [0.717, 1.165) is 13.1 Å². The van der Waals surface area contributed by atoms with Gasteiger partial charge in [-0.3, -0.25) is 4.79 Å². The summed E-state index contributed by atoms with van der Waals surface area (Å²) in [6.07, 6.45) is 2.63. The molecule has 1 amide bonds. The predicted octanol–water partition coefficient (Wildman–Crippen LogP) is 0.622. The zero-order valence-electron chi connectivity index (χ0n) is 10.2. The van der Waals surface area contributed by atoms with E-state index in [1.165, 1.54) is 12.8 Å². The second-order valence-electron chi connectivity index (χ2n) is 5.12. The Kier molecular flexibility index (Phi) is 3.82. The molecule has 92 valence electrons. The lowest BCUT2D eigenvalue weighted by molar-refractivity contribution is -0.136. The van der Waals surface area contributed by atoms with Crippen LogP contribution in [-0.2, 0) is 9.53 Å². The first kappa shape index (κ1) is 11.9. The average molecular weight is 226 g/mol. The SMILES string of the molecule is CC(C)N1CCC(C2CNC(=O)CO2)CC1. The fourth-order valence-electron chi connectivity index (χ4n) is 2.62. The number of amides is 1. The van der Waals surface area contributed by atoms with E-state index in [-0.39, 0.29) is 18.6 Å². The molecule has 2 rings (SSSR count). The Morgan fingerprint density at radius 2 is 2.06 bits per heavy atom. The van der Waals surface area contributed by atoms with Gasteiger partial charge in [-0.05, 0) is 45.7 Å². The number of ether oxygens (including phenoxy) is 1. The van der Waals surface area contributed by atoms with Crippen LogP contribution in [0.4, 0.5) is 0 Å². The number of hydrogen-bond donors (Lipinski definition) is 1. The van der Waals surface area contributed by atoms with Gasteiger partial charge in [0.1, 0.15) is 6.61 Å². The topological polar surface area (TPSA) is 41.6 Å². The summed E-state index contributed by atoms with van der Waals surface area (Å²) in [6, 6.07) is 0.646. The van der Waals surface area contributed by atoms with Crippen LogP contribution in [0.25, 0.3) is 0 Å². The molecule has 4 heteroatoms. The fraction of sp³-hybridized carbons (Fsp3) is 0.917. The summed E-state index contributed by atoms with van der Waals surface area (Å²) >= 11 is 0. The molecule has 2 aliphatic rings. The molecule has 1 unspecified atom stereocenters. The minimum absolute atomic E-state index is 0.0240. The molecular formula is C12H22N2O2. The van der Waals surface area contributed by atoms with E-state index in [1.807, 2.05) is 0 Å². The first-order chi connectivity index (χ1) is 7.66. The van der Waals surface area contributed by atoms with Crippen molar-refractivity contribution in [3.05, 3.63) is 0 Å². The molecule has 2 aliphatic heterocycles. The lowest BCUT2D eigenvalue weighted by Gasteiger charge is -2.38. The summed E-state index contributed by atoms with van der Waals surface area (Å²) in [5, 5.41) is 2.89. The number of morpholine rings is 1. The Morgan fingerprint density at radius 3 is 2.56 bits per heavy atom. The predicted molar refractivity (Wildman–Crippen MR) is 62.2 cm³/mol. The van der Waals surface area contributed by atoms with Crippen LogP contribution in [0.15, 0.2) is 0 Å². The fourth-order valence-corrected chi connectivity index (χ4v) is 2.62. The summed E-state index contributed by atoms with van der Waals surface area (Å²) in [4.78, 5) is 13.5. The van der Waals surface area contributed by atoms with Gasteiger partial charge in [0.15, 0.2) is 0 Å². The minimum Gasteiger partial charge on any atom is -0.366 e. The maximum Gasteiger partial charge on any atom is 0.246 e. The Hall–Kier alpha value is -0.610. The number of carbonyl (C=O) groups is 1. The molecule has 0 aromatic rings. The molecule has 2 heterocycles. The van der Waals surface area contributed by atoms with Crippen LogP contribution in [0.3, 0.4) is 0 Å². The first-order valence-electron chi connectivity index (χ1n) is 6.29. The molecule has 4 nitrogen and oxygen atoms in total. The third kappa shape index (κ3) is 2.74. The van der Waals surface area contributed by atoms with Gasteiger partial charge in [0.2, 0.25) is 5.91 Å². The number of likely N-dealkylation sites (tertiary alicyclic amines) is 1. The van der Waals surface area contributed by atoms with Crippen molar-refractivity contribution in [2.75, 3.05) is 26.2 Å². The summed E-state index contributed by atoms with van der Waals surface area (Å²) in [5.41, 5.74) is 0. The zero-order valence-corrected chi connectivity index (χ0v) is 10.2. The van der Waals surface area contributed by atoms with E-state index in [2.05, 4.69) is 24.1 Å². The molecule has 1 atom stereocenters. The molecule has 2 fully saturated rings. The third-order valence-corrected chi connectivity index (χ3v) is 3.76. The summed E-state index contributed by atoms with van der Waals surface area (Å²) in [5.74, 6) is 0.645. The second-order valence-corrected chi connectivity index (χ2v) is 5.12. The molecule has 16 heavy (non-hydrogen) atoms. The normalized spacial score (nSPS) is 29.4. The van der Waals surface area contributed by atoms with Crippen molar-refractivity contribution in [2.24, 2.45) is 5.92 Å². The van der Waals surface area contributed by atoms with E-state index >= 15 is 0 Å². The summed E-state index contributed by atoms with van der Waals surface area (Å²) in [7, 11) is 0. The van der Waals surface area contributed by atoms with Gasteiger partial charge >= 0.3 is 0 Å². The summed E-state index contributed by atoms with van der Waals surface area (Å²) < 4.78 is 5.59. The summed E-state index contributed by atoms with van der Waals surface area (Å²) in [6.45, 7) is 7.77. The van der Waals surface area contributed by atoms with Gasteiger partial charge in [0.25, 0.3) is 0 Å². The van der Waals surface area contributed by atoms with Crippen molar-refractivity contribution in [3.63, 3.8) is 0 Å². The number of hydrogen-bond acceptors (Lipinski definition) is 3. The highest BCUT2D eigenvalue weighted by Crippen LogP contribution is 2.24. The van der Waals surface area contributed by atoms with Crippen LogP contribution >= 0.6 is 0 Å². The minimum atomic E-state index is 0.0240. The van der Waals surface area contributed by atoms with E-state index in [0.29, 0.717) is 18.5 Å². The Bertz CT molecular complexity index is 237. The zero-order chi connectivity index (χ0) is 11.5. The van der Waals surface area contributed by atoms with Crippen molar-refractivity contribution in [2.45, 2.75) is 38.8 Å². The average Bonchev–Trinajstić information content (AvgIpc) is 2.30. The highest BCUT2D eigenvalue weighted by Gasteiger charge is 2.30. The lowest BCUT2D eigenvalue weighted by atomic mass is 9.90. The van der Waals surface area contributed by atoms with Crippen LogP contribution in [0, 0.1) is 5.92 Å². The van der Waals surface area contributed by atoms with Gasteiger partial charge in [-0.25, -0.2) is 0 Å². The van der Waals surface area contributed by atoms with Gasteiger partial charge in [-0.1, -0.05) is 0 Å². The van der Waals surface area contributed by atoms with E-state index < -0.39 is 0 Å². The molecule has 0 saturated carbocycles. The molecule has 1 N–H and O–H groups in total. The van der Waals surface area contributed by atoms with Gasteiger partial charge in [-0.2, -0.15) is 0 Å². The van der Waals surface area contributed by atoms with Gasteiger partial charge < -0.3 is 15.0 Å². The third-order valence-electron chi connectivity index (χ3n) is 3.76. The highest BCUT2D eigenvalue weighted by atomic mass is 16.5. The van der Waals surface area contributed by atoms with Crippen molar-refractivity contribution in [1.82, 2.24) is 10.2 Å². The van der Waals surface area contributed by atoms with Crippen molar-refractivity contribution < 1.29 is 9.53 Å². The molecule has 0 bridgehead atoms. The molecular weight excluding hydrogens is 204 g/mol. The number of piperidine rings is 1. The van der Waals surface area contributed by atoms with Crippen LogP contribution in [-0.4, -0.2) is 49.2 Å². The molecule has 2 saturated heterocycles. The molecule has 0 radical (unpaired) electrons. The number of nitrogens with zero attached hydrogens (tertiary/aromatic N) is 1. The monoisotopic (exact) mass is 226 g/mol. The van der Waals surface area contributed by atoms with Crippen LogP contribution in [0.2, 0.25) is 0 Å². The lowest BCUT2D eigenvalue weighted by Crippen LogP contribution is -2.49. The highest BCUT2D eigenvalue weighted by molar-refractivity contribution is 5.77. The maximum atomic E-state index is 11.0. The number of carbonyl (C=O) groups excluding carboxylic acids is 1. The molecule has 0 aromatic heterocycles. The van der Waals surface area contributed by atoms with Gasteiger partial charge in [-0.15, -0.1) is 0 Å². The molecule has 0 aromatic carbocycles. The standard InChI is InChI=1S/C12H22N2O2/c1-9(2)14-5-3-10(4-6-14)11-7-13-12(15)8-16-11/h9-11H,3-8H2,1-2H3,(H,13,15). The second kappa shape index (κ2) is 5.15. The van der Waals surface area contributed by atoms with E-state index in [4.69, 9.17) is 4.74 Å². The Labute approximate surface area is 97.3 Å². The Balaban J connectivity index is 1.78. The maximum absolute atomic E-state index is 11.0. The quantitative estimate of drug-likeness (QED) is 0.750. The van der Waals surface area contributed by atoms with Crippen molar-refractivity contribution in [1.29, 1.82) is 0 Å². The Morgan fingerprint density at radius 1 is 1.38 bits per heavy atom. The van der Waals surface area contributed by atoms with Gasteiger partial charge in [0.05, 0.1) is 6.10 Å². The van der Waals surface area contributed by atoms with Crippen LogP contribution in [0.1, 0.15) is 26.7 Å². The molecule has 0 aliphatic carbocycles. The van der Waals surface area contributed by atoms with Crippen molar-refractivity contribution >= 4 is 5.91 Å². The van der Waals surface area contributed by atoms with E-state index in [9.17, 15) is 4.79 Å².